The molecule has 0 aromatic heterocycles. The van der Waals surface area contributed by atoms with E-state index in [9.17, 15) is 4.39 Å². The number of nitrogens with one attached hydrogen (secondary N) is 1. The topological polar surface area (TPSA) is 12.0 Å². The maximum atomic E-state index is 13.5. The first-order valence-corrected chi connectivity index (χ1v) is 5.24. The van der Waals surface area contributed by atoms with Gasteiger partial charge in [0.2, 0.25) is 0 Å². The molecule has 14 heavy (non-hydrogen) atoms. The van der Waals surface area contributed by atoms with E-state index in [0.717, 1.165) is 24.9 Å². The molecule has 1 nitrogen and oxygen atoms in total. The van der Waals surface area contributed by atoms with Gasteiger partial charge in [0.05, 0.1) is 0 Å². The molecule has 2 rings (SSSR count). The Labute approximate surface area is 84.3 Å². The molecule has 1 aliphatic rings. The van der Waals surface area contributed by atoms with Crippen molar-refractivity contribution in [2.24, 2.45) is 0 Å². The van der Waals surface area contributed by atoms with Crippen molar-refractivity contribution < 1.29 is 4.39 Å². The fraction of sp³-hybridized carbons (Fsp3) is 0.500. The predicted molar refractivity (Wildman–Crippen MR) is 55.8 cm³/mol. The van der Waals surface area contributed by atoms with Crippen LogP contribution in [0.5, 0.6) is 0 Å². The maximum Gasteiger partial charge on any atom is 0.126 e. The van der Waals surface area contributed by atoms with Crippen LogP contribution in [0.25, 0.3) is 0 Å². The molecule has 1 fully saturated rings. The van der Waals surface area contributed by atoms with Crippen LogP contribution < -0.4 is 5.32 Å². The quantitative estimate of drug-likeness (QED) is 0.778. The Morgan fingerprint density at radius 1 is 1.43 bits per heavy atom. The second-order valence-electron chi connectivity index (χ2n) is 4.01. The molecule has 1 aromatic carbocycles. The fourth-order valence-corrected chi connectivity index (χ4v) is 1.94. The van der Waals surface area contributed by atoms with Crippen LogP contribution >= 0.6 is 0 Å². The Balaban J connectivity index is 2.22. The number of hydrogen-bond acceptors (Lipinski definition) is 1. The summed E-state index contributed by atoms with van der Waals surface area (Å²) in [7, 11) is 1.91. The van der Waals surface area contributed by atoms with Crippen molar-refractivity contribution in [3.05, 3.63) is 35.1 Å². The van der Waals surface area contributed by atoms with Crippen LogP contribution in [0.2, 0.25) is 0 Å². The van der Waals surface area contributed by atoms with Gasteiger partial charge in [-0.05, 0) is 43.0 Å². The van der Waals surface area contributed by atoms with Crippen molar-refractivity contribution >= 4 is 0 Å². The molecule has 0 heterocycles. The average Bonchev–Trinajstić information content (AvgIpc) is 2.08. The Hall–Kier alpha value is -0.890. The molecule has 1 aromatic rings. The van der Waals surface area contributed by atoms with E-state index < -0.39 is 0 Å². The van der Waals surface area contributed by atoms with E-state index in [4.69, 9.17) is 0 Å². The highest BCUT2D eigenvalue weighted by atomic mass is 19.1. The molecule has 0 aliphatic heterocycles. The van der Waals surface area contributed by atoms with Gasteiger partial charge in [-0.3, -0.25) is 0 Å². The zero-order chi connectivity index (χ0) is 9.97. The normalized spacial score (nSPS) is 16.7. The summed E-state index contributed by atoms with van der Waals surface area (Å²) in [5.41, 5.74) is 2.10. The van der Waals surface area contributed by atoms with Gasteiger partial charge in [-0.1, -0.05) is 18.6 Å². The van der Waals surface area contributed by atoms with E-state index in [-0.39, 0.29) is 5.82 Å². The summed E-state index contributed by atoms with van der Waals surface area (Å²) >= 11 is 0. The zero-order valence-corrected chi connectivity index (χ0v) is 8.52. The van der Waals surface area contributed by atoms with E-state index in [1.807, 2.05) is 19.2 Å². The van der Waals surface area contributed by atoms with Gasteiger partial charge < -0.3 is 5.32 Å². The van der Waals surface area contributed by atoms with Gasteiger partial charge in [0, 0.05) is 6.54 Å². The minimum absolute atomic E-state index is 0.0328. The van der Waals surface area contributed by atoms with Crippen molar-refractivity contribution in [2.75, 3.05) is 7.05 Å². The Bertz CT molecular complexity index is 318. The van der Waals surface area contributed by atoms with Crippen LogP contribution in [-0.2, 0) is 6.54 Å². The first kappa shape index (κ1) is 9.66. The molecule has 0 spiro atoms. The van der Waals surface area contributed by atoms with Gasteiger partial charge >= 0.3 is 0 Å². The molecule has 0 amide bonds. The van der Waals surface area contributed by atoms with Gasteiger partial charge in [-0.15, -0.1) is 0 Å². The Morgan fingerprint density at radius 3 is 2.79 bits per heavy atom. The summed E-state index contributed by atoms with van der Waals surface area (Å²) in [5.74, 6) is 0.446. The molecule has 1 aliphatic carbocycles. The van der Waals surface area contributed by atoms with E-state index in [1.165, 1.54) is 12.0 Å². The molecule has 1 N–H and O–H groups in total. The van der Waals surface area contributed by atoms with Gasteiger partial charge in [0.25, 0.3) is 0 Å². The SMILES string of the molecule is CNCc1ccc(F)c(C2CCC2)c1. The van der Waals surface area contributed by atoms with Crippen molar-refractivity contribution in [1.82, 2.24) is 5.32 Å². The zero-order valence-electron chi connectivity index (χ0n) is 8.52. The summed E-state index contributed by atoms with van der Waals surface area (Å²) in [6.45, 7) is 0.819. The number of rotatable bonds is 3. The van der Waals surface area contributed by atoms with Crippen molar-refractivity contribution in [1.29, 1.82) is 0 Å². The van der Waals surface area contributed by atoms with Crippen molar-refractivity contribution in [3.63, 3.8) is 0 Å². The minimum Gasteiger partial charge on any atom is -0.316 e. The minimum atomic E-state index is -0.0328. The smallest absolute Gasteiger partial charge is 0.126 e. The van der Waals surface area contributed by atoms with Crippen molar-refractivity contribution in [3.8, 4) is 0 Å². The molecule has 2 heteroatoms. The van der Waals surface area contributed by atoms with Gasteiger partial charge in [-0.2, -0.15) is 0 Å². The summed E-state index contributed by atoms with van der Waals surface area (Å²) in [6.07, 6.45) is 3.56. The standard InChI is InChI=1S/C12H16FN/c1-14-8-9-5-6-12(13)11(7-9)10-3-2-4-10/h5-7,10,14H,2-4,8H2,1H3. The highest BCUT2D eigenvalue weighted by Crippen LogP contribution is 2.37. The first-order valence-electron chi connectivity index (χ1n) is 5.24. The van der Waals surface area contributed by atoms with Crippen molar-refractivity contribution in [2.45, 2.75) is 31.7 Å². The molecule has 0 radical (unpaired) electrons. The molecular weight excluding hydrogens is 177 g/mol. The summed E-state index contributed by atoms with van der Waals surface area (Å²) in [6, 6.07) is 5.46. The van der Waals surface area contributed by atoms with Gasteiger partial charge in [0.15, 0.2) is 0 Å². The molecule has 0 saturated heterocycles. The lowest BCUT2D eigenvalue weighted by molar-refractivity contribution is 0.404. The summed E-state index contributed by atoms with van der Waals surface area (Å²) in [4.78, 5) is 0. The van der Waals surface area contributed by atoms with Crippen LogP contribution in [-0.4, -0.2) is 7.05 Å². The fourth-order valence-electron chi connectivity index (χ4n) is 1.94. The van der Waals surface area contributed by atoms with E-state index in [1.54, 1.807) is 6.07 Å². The number of hydrogen-bond donors (Lipinski definition) is 1. The number of benzene rings is 1. The van der Waals surface area contributed by atoms with Crippen LogP contribution in [0.1, 0.15) is 36.3 Å². The molecule has 1 saturated carbocycles. The second-order valence-corrected chi connectivity index (χ2v) is 4.01. The monoisotopic (exact) mass is 193 g/mol. The highest BCUT2D eigenvalue weighted by Gasteiger charge is 2.22. The third-order valence-corrected chi connectivity index (χ3v) is 2.99. The van der Waals surface area contributed by atoms with Crippen LogP contribution in [0.4, 0.5) is 4.39 Å². The number of halogens is 1. The lowest BCUT2D eigenvalue weighted by Gasteiger charge is -2.26. The summed E-state index contributed by atoms with van der Waals surface area (Å²) < 4.78 is 13.5. The summed E-state index contributed by atoms with van der Waals surface area (Å²) in [5, 5.41) is 3.08. The third kappa shape index (κ3) is 1.80. The van der Waals surface area contributed by atoms with Gasteiger partial charge in [0.1, 0.15) is 5.82 Å². The first-order chi connectivity index (χ1) is 6.81. The third-order valence-electron chi connectivity index (χ3n) is 2.99. The van der Waals surface area contributed by atoms with E-state index >= 15 is 0 Å². The molecular formula is C12H16FN. The van der Waals surface area contributed by atoms with Gasteiger partial charge in [-0.25, -0.2) is 4.39 Å². The maximum absolute atomic E-state index is 13.5. The lowest BCUT2D eigenvalue weighted by atomic mass is 9.79. The van der Waals surface area contributed by atoms with E-state index in [2.05, 4.69) is 5.32 Å². The largest absolute Gasteiger partial charge is 0.316 e. The van der Waals surface area contributed by atoms with E-state index in [0.29, 0.717) is 5.92 Å². The van der Waals surface area contributed by atoms with Crippen LogP contribution in [0.3, 0.4) is 0 Å². The molecule has 0 bridgehead atoms. The highest BCUT2D eigenvalue weighted by molar-refractivity contribution is 5.29. The Kier molecular flexibility index (Phi) is 2.82. The predicted octanol–water partition coefficient (Wildman–Crippen LogP) is 2.81. The molecule has 76 valence electrons. The molecule has 0 atom stereocenters. The lowest BCUT2D eigenvalue weighted by Crippen LogP contribution is -2.12. The van der Waals surface area contributed by atoms with Crippen LogP contribution in [0.15, 0.2) is 18.2 Å². The second kappa shape index (κ2) is 4.09. The average molecular weight is 193 g/mol. The Morgan fingerprint density at radius 2 is 2.21 bits per heavy atom. The van der Waals surface area contributed by atoms with Crippen LogP contribution in [0, 0.1) is 5.82 Å². The molecule has 0 unspecified atom stereocenters.